The fourth-order valence-corrected chi connectivity index (χ4v) is 20.5. The van der Waals surface area contributed by atoms with Crippen LogP contribution in [0.2, 0.25) is 0 Å². The van der Waals surface area contributed by atoms with Gasteiger partial charge in [0.05, 0.1) is 41.6 Å². The third-order valence-electron chi connectivity index (χ3n) is 15.6. The molecule has 14 aromatic rings. The van der Waals surface area contributed by atoms with Crippen LogP contribution in [0.25, 0.3) is 54.5 Å². The molecule has 0 radical (unpaired) electrons. The number of primary sulfonamides is 1. The van der Waals surface area contributed by atoms with Crippen molar-refractivity contribution < 1.29 is 86.4 Å². The number of nitrogens with zero attached hydrogens (tertiary/aromatic N) is 4. The van der Waals surface area contributed by atoms with E-state index in [0.29, 0.717) is 21.3 Å². The number of rotatable bonds is 14. The Morgan fingerprint density at radius 3 is 1.03 bits per heavy atom. The Balaban J connectivity index is 0.000000149. The number of sulfonamides is 3. The van der Waals surface area contributed by atoms with E-state index >= 15 is 0 Å². The number of ether oxygens (including phenoxy) is 2. The second-order valence-corrected chi connectivity index (χ2v) is 40.4. The van der Waals surface area contributed by atoms with Crippen LogP contribution in [0.1, 0.15) is 41.5 Å². The Morgan fingerprint density at radius 1 is 0.351 bits per heavy atom. The molecule has 0 aliphatic carbocycles. The Morgan fingerprint density at radius 2 is 0.649 bits per heavy atom. The number of aromatic amines is 1. The van der Waals surface area contributed by atoms with E-state index in [-0.39, 0.29) is 67.0 Å². The number of fused-ring (bicyclic) bond motifs is 5. The first-order valence-corrected chi connectivity index (χ1v) is 45.2. The van der Waals surface area contributed by atoms with Crippen molar-refractivity contribution in [3.63, 3.8) is 0 Å². The number of benzene rings is 9. The Hall–Kier alpha value is -10.9. The molecule has 5 N–H and O–H groups in total. The van der Waals surface area contributed by atoms with Gasteiger partial charge in [-0.05, 0) is 126 Å². The van der Waals surface area contributed by atoms with Crippen molar-refractivity contribution in [2.75, 3.05) is 0 Å². The average molecular weight is 1680 g/mol. The first kappa shape index (κ1) is 82.6. The van der Waals surface area contributed by atoms with E-state index < -0.39 is 103 Å². The van der Waals surface area contributed by atoms with Crippen LogP contribution in [0.15, 0.2) is 319 Å². The van der Waals surface area contributed by atoms with Crippen molar-refractivity contribution in [3.8, 4) is 0 Å². The van der Waals surface area contributed by atoms with Crippen molar-refractivity contribution in [1.82, 2.24) is 30.3 Å². The number of H-pyrrole nitrogens is 1. The van der Waals surface area contributed by atoms with Gasteiger partial charge in [0.15, 0.2) is 0 Å². The molecular weight excluding hydrogens is 1610 g/mol. The monoisotopic (exact) mass is 1680 g/mol. The Labute approximate surface area is 645 Å². The first-order chi connectivity index (χ1) is 51.9. The van der Waals surface area contributed by atoms with Gasteiger partial charge in [0.1, 0.15) is 30.8 Å². The standard InChI is InChI=1S/C19H20N2O6S2.C14H10ClNO4S2.C14H12N2O4S2.C14H11NO2S.C13H16N2O4S/c1-19(2,3)27-18(22)20-28(23,24)17-13-21(16-12-8-7-11-15(16)17)29(25,26)14-9-5-4-6-10-14;2*15-21(17,18)14-10-16(13-9-5-4-8-12(13)14)22(19,20)11-6-2-1-3-7-11;16-18(17,13-7-2-1-3-8-13)15-11-10-12-6-4-5-9-14(12)15;1-13(2,3)19-12(16)15-20(17,18)11-8-14-10-7-5-4-6-9(10)11/h4-13H,1-3H3,(H,20,22);1-10H;1-10H,(H2,15,17,18);1-11H;4-8,14H,1-3H3,(H,15,16). The summed E-state index contributed by atoms with van der Waals surface area (Å²) < 4.78 is 216. The third kappa shape index (κ3) is 18.9. The number of halogens is 1. The van der Waals surface area contributed by atoms with Crippen LogP contribution in [0.5, 0.6) is 0 Å². The van der Waals surface area contributed by atoms with E-state index in [2.05, 4.69) is 4.98 Å². The van der Waals surface area contributed by atoms with Gasteiger partial charge in [-0.3, -0.25) is 0 Å². The number of nitrogens with two attached hydrogens (primary N) is 1. The first-order valence-electron chi connectivity index (χ1n) is 32.6. The highest BCUT2D eigenvalue weighted by atomic mass is 35.7. The lowest BCUT2D eigenvalue weighted by molar-refractivity contribution is 0.0557. The minimum Gasteiger partial charge on any atom is -0.443 e. The van der Waals surface area contributed by atoms with Crippen molar-refractivity contribution in [1.29, 1.82) is 0 Å². The summed E-state index contributed by atoms with van der Waals surface area (Å²) >= 11 is 0. The number of carbonyl (C=O) groups excluding carboxylic acids is 2. The third-order valence-corrected chi connectivity index (χ3v) is 27.4. The van der Waals surface area contributed by atoms with E-state index in [0.717, 1.165) is 35.9 Å². The molecule has 0 bridgehead atoms. The summed E-state index contributed by atoms with van der Waals surface area (Å²) in [6.07, 6.45) is 3.85. The number of hydrogen-bond donors (Lipinski definition) is 4. The zero-order chi connectivity index (χ0) is 80.9. The summed E-state index contributed by atoms with van der Waals surface area (Å²) in [5.41, 5.74) is 0.393. The quantitative estimate of drug-likeness (QED) is 0.0735. The molecule has 111 heavy (non-hydrogen) atoms. The minimum atomic E-state index is -4.39. The maximum Gasteiger partial charge on any atom is 0.421 e. The number of carbonyl (C=O) groups is 2. The van der Waals surface area contributed by atoms with Gasteiger partial charge in [-0.15, -0.1) is 0 Å². The average Bonchev–Trinajstić information content (AvgIpc) is 1.61. The predicted octanol–water partition coefficient (Wildman–Crippen LogP) is 12.7. The van der Waals surface area contributed by atoms with E-state index in [9.17, 15) is 76.9 Å². The predicted molar refractivity (Wildman–Crippen MR) is 420 cm³/mol. The molecule has 5 heterocycles. The lowest BCUT2D eigenvalue weighted by Crippen LogP contribution is -2.36. The summed E-state index contributed by atoms with van der Waals surface area (Å²) in [7, 11) is -26.4. The van der Waals surface area contributed by atoms with E-state index in [1.54, 1.807) is 205 Å². The van der Waals surface area contributed by atoms with E-state index in [4.69, 9.17) is 25.3 Å². The van der Waals surface area contributed by atoms with Crippen molar-refractivity contribution in [3.05, 3.63) is 280 Å². The highest BCUT2D eigenvalue weighted by Crippen LogP contribution is 2.34. The normalized spacial score (nSPS) is 12.4. The molecule has 0 atom stereocenters. The summed E-state index contributed by atoms with van der Waals surface area (Å²) in [6.45, 7) is 9.76. The van der Waals surface area contributed by atoms with E-state index in [1.165, 1.54) is 83.0 Å². The summed E-state index contributed by atoms with van der Waals surface area (Å²) in [4.78, 5) is 26.0. The Kier molecular flexibility index (Phi) is 23.9. The fraction of sp³-hybridized carbons (Fsp3) is 0.108. The van der Waals surface area contributed by atoms with Gasteiger partial charge in [-0.2, -0.15) is 0 Å². The maximum atomic E-state index is 13.1. The van der Waals surface area contributed by atoms with Crippen LogP contribution >= 0.6 is 10.7 Å². The molecule has 37 heteroatoms. The molecule has 0 spiro atoms. The number of hydrogen-bond acceptors (Lipinski definition) is 20. The second-order valence-electron chi connectivity index (χ2n) is 25.8. The topological polar surface area (TPSA) is 411 Å². The molecular formula is C74H69ClN8O20S8. The molecule has 5 aromatic heterocycles. The maximum absolute atomic E-state index is 13.1. The van der Waals surface area contributed by atoms with Crippen molar-refractivity contribution in [2.24, 2.45) is 5.14 Å². The number of nitrogens with one attached hydrogen (secondary N) is 3. The number of aromatic nitrogens is 5. The molecule has 0 fully saturated rings. The molecule has 28 nitrogen and oxygen atoms in total. The van der Waals surface area contributed by atoms with Crippen LogP contribution in [-0.2, 0) is 88.7 Å². The Bertz CT molecular complexity index is 6630. The van der Waals surface area contributed by atoms with Crippen LogP contribution < -0.4 is 14.6 Å². The smallest absolute Gasteiger partial charge is 0.421 e. The molecule has 14 rings (SSSR count). The van der Waals surface area contributed by atoms with Gasteiger partial charge in [0.2, 0.25) is 10.0 Å². The molecule has 580 valence electrons. The molecule has 9 aromatic carbocycles. The second kappa shape index (κ2) is 32.2. The van der Waals surface area contributed by atoms with Crippen LogP contribution in [0.4, 0.5) is 9.59 Å². The highest BCUT2D eigenvalue weighted by molar-refractivity contribution is 8.14. The van der Waals surface area contributed by atoms with Crippen LogP contribution in [-0.4, -0.2) is 112 Å². The van der Waals surface area contributed by atoms with Gasteiger partial charge in [-0.1, -0.05) is 164 Å². The van der Waals surface area contributed by atoms with Gasteiger partial charge >= 0.3 is 12.2 Å². The summed E-state index contributed by atoms with van der Waals surface area (Å²) in [6, 6.07) is 66.5. The number of amides is 2. The molecule has 0 saturated heterocycles. The highest BCUT2D eigenvalue weighted by Gasteiger charge is 2.32. The summed E-state index contributed by atoms with van der Waals surface area (Å²) in [5.74, 6) is 0. The molecule has 0 aliphatic rings. The minimum absolute atomic E-state index is 0.00445. The van der Waals surface area contributed by atoms with Gasteiger partial charge in [0.25, 0.3) is 69.2 Å². The lowest BCUT2D eigenvalue weighted by atomic mass is 10.2. The lowest BCUT2D eigenvalue weighted by Gasteiger charge is -2.19. The van der Waals surface area contributed by atoms with Crippen LogP contribution in [0.3, 0.4) is 0 Å². The zero-order valence-corrected chi connectivity index (χ0v) is 66.5. The molecule has 0 aliphatic heterocycles. The largest absolute Gasteiger partial charge is 0.443 e. The van der Waals surface area contributed by atoms with Crippen LogP contribution in [0, 0.1) is 0 Å². The fourth-order valence-electron chi connectivity index (χ4n) is 10.9. The SMILES string of the molecule is CC(C)(C)OC(=O)NS(=O)(=O)c1c[nH]c2ccccc12.CC(C)(C)OC(=O)NS(=O)(=O)c1cn(S(=O)(=O)c2ccccc2)c2ccccc12.NS(=O)(=O)c1cn(S(=O)(=O)c2ccccc2)c2ccccc12.O=S(=O)(Cl)c1cn(S(=O)(=O)c2ccccc2)c2ccccc12.O=S(=O)(c1ccccc1)n1ccc2ccccc21. The van der Waals surface area contributed by atoms with Gasteiger partial charge in [0, 0.05) is 74.1 Å². The molecule has 0 unspecified atom stereocenters. The van der Waals surface area contributed by atoms with Gasteiger partial charge < -0.3 is 14.5 Å². The van der Waals surface area contributed by atoms with E-state index in [1.807, 2.05) is 27.6 Å². The summed E-state index contributed by atoms with van der Waals surface area (Å²) in [5, 5.41) is 7.30. The van der Waals surface area contributed by atoms with Gasteiger partial charge in [-0.25, -0.2) is 107 Å². The number of para-hydroxylation sites is 5. The van der Waals surface area contributed by atoms with Crippen molar-refractivity contribution >= 4 is 157 Å². The molecule has 2 amide bonds. The molecule has 0 saturated carbocycles. The zero-order valence-electron chi connectivity index (χ0n) is 59.2. The van der Waals surface area contributed by atoms with Crippen molar-refractivity contribution in [2.45, 2.75) is 91.9 Å².